The third-order valence-electron chi connectivity index (χ3n) is 5.75. The Bertz CT molecular complexity index is 1180. The van der Waals surface area contributed by atoms with E-state index in [1.807, 2.05) is 36.2 Å². The Morgan fingerprint density at radius 3 is 2.15 bits per heavy atom. The second kappa shape index (κ2) is 9.99. The standard InChI is InChI=1S/C24H24N6O4/c1-27(20-10-12-25-13-11-20)19-8-6-18(7-9-19)23(31)28-14-16-29(17-15-28)24(32)26-21-4-2-3-5-22(21)30(33)34/h2-13H,14-17H2,1H3,(H,26,32). The zero-order valence-electron chi connectivity index (χ0n) is 18.6. The highest BCUT2D eigenvalue weighted by atomic mass is 16.6. The minimum Gasteiger partial charge on any atom is -0.345 e. The second-order valence-electron chi connectivity index (χ2n) is 7.79. The number of nitro groups is 1. The molecule has 1 saturated heterocycles. The molecule has 1 aromatic heterocycles. The number of piperazine rings is 1. The van der Waals surface area contributed by atoms with Crippen molar-refractivity contribution in [1.29, 1.82) is 0 Å². The number of nitrogens with zero attached hydrogens (tertiary/aromatic N) is 5. The molecule has 0 radical (unpaired) electrons. The van der Waals surface area contributed by atoms with E-state index in [-0.39, 0.29) is 17.3 Å². The lowest BCUT2D eigenvalue weighted by Crippen LogP contribution is -2.51. The summed E-state index contributed by atoms with van der Waals surface area (Å²) in [6.07, 6.45) is 3.45. The molecule has 1 N–H and O–H groups in total. The number of benzene rings is 2. The molecule has 1 aliphatic heterocycles. The lowest BCUT2D eigenvalue weighted by atomic mass is 10.1. The third kappa shape index (κ3) is 4.96. The monoisotopic (exact) mass is 460 g/mol. The van der Waals surface area contributed by atoms with Gasteiger partial charge < -0.3 is 20.0 Å². The Balaban J connectivity index is 1.34. The Morgan fingerprint density at radius 2 is 1.50 bits per heavy atom. The van der Waals surface area contributed by atoms with Crippen molar-refractivity contribution >= 4 is 34.7 Å². The van der Waals surface area contributed by atoms with Gasteiger partial charge in [0.1, 0.15) is 5.69 Å². The molecule has 0 unspecified atom stereocenters. The van der Waals surface area contributed by atoms with Crippen LogP contribution >= 0.6 is 0 Å². The molecule has 174 valence electrons. The number of amides is 3. The first-order valence-electron chi connectivity index (χ1n) is 10.8. The number of rotatable bonds is 5. The van der Waals surface area contributed by atoms with Crippen molar-refractivity contribution < 1.29 is 14.5 Å². The van der Waals surface area contributed by atoms with Gasteiger partial charge in [-0.1, -0.05) is 12.1 Å². The van der Waals surface area contributed by atoms with E-state index in [2.05, 4.69) is 10.3 Å². The molecule has 10 nitrogen and oxygen atoms in total. The quantitative estimate of drug-likeness (QED) is 0.458. The molecule has 4 rings (SSSR count). The number of anilines is 3. The molecular formula is C24H24N6O4. The molecule has 0 saturated carbocycles. The SMILES string of the molecule is CN(c1ccncc1)c1ccc(C(=O)N2CCN(C(=O)Nc3ccccc3[N+](=O)[O-])CC2)cc1. The van der Waals surface area contributed by atoms with Crippen LogP contribution < -0.4 is 10.2 Å². The second-order valence-corrected chi connectivity index (χ2v) is 7.79. The Labute approximate surface area is 196 Å². The highest BCUT2D eigenvalue weighted by Crippen LogP contribution is 2.25. The maximum absolute atomic E-state index is 12.9. The van der Waals surface area contributed by atoms with Gasteiger partial charge in [-0.3, -0.25) is 19.9 Å². The van der Waals surface area contributed by atoms with Crippen LogP contribution in [-0.4, -0.2) is 64.9 Å². The van der Waals surface area contributed by atoms with E-state index in [0.717, 1.165) is 11.4 Å². The van der Waals surface area contributed by atoms with Crippen molar-refractivity contribution in [2.75, 3.05) is 43.4 Å². The van der Waals surface area contributed by atoms with Crippen molar-refractivity contribution in [1.82, 2.24) is 14.8 Å². The number of urea groups is 1. The molecule has 0 bridgehead atoms. The number of aromatic nitrogens is 1. The van der Waals surface area contributed by atoms with Crippen LogP contribution in [0.5, 0.6) is 0 Å². The van der Waals surface area contributed by atoms with Gasteiger partial charge >= 0.3 is 6.03 Å². The molecule has 3 aromatic rings. The van der Waals surface area contributed by atoms with Crippen LogP contribution in [-0.2, 0) is 0 Å². The molecule has 0 aliphatic carbocycles. The van der Waals surface area contributed by atoms with Gasteiger partial charge in [-0.15, -0.1) is 0 Å². The van der Waals surface area contributed by atoms with Gasteiger partial charge in [0.05, 0.1) is 4.92 Å². The summed E-state index contributed by atoms with van der Waals surface area (Å²) < 4.78 is 0. The summed E-state index contributed by atoms with van der Waals surface area (Å²) in [6, 6.07) is 16.8. The van der Waals surface area contributed by atoms with Gasteiger partial charge in [0.15, 0.2) is 0 Å². The molecule has 3 amide bonds. The fraction of sp³-hybridized carbons (Fsp3) is 0.208. The van der Waals surface area contributed by atoms with Crippen molar-refractivity contribution in [2.24, 2.45) is 0 Å². The topological polar surface area (TPSA) is 112 Å². The van der Waals surface area contributed by atoms with E-state index in [0.29, 0.717) is 31.7 Å². The number of pyridine rings is 1. The fourth-order valence-electron chi connectivity index (χ4n) is 3.77. The number of carbonyl (C=O) groups is 2. The van der Waals surface area contributed by atoms with Crippen LogP contribution in [0.2, 0.25) is 0 Å². The van der Waals surface area contributed by atoms with Gasteiger partial charge in [0, 0.05) is 68.6 Å². The van der Waals surface area contributed by atoms with E-state index >= 15 is 0 Å². The van der Waals surface area contributed by atoms with Gasteiger partial charge in [-0.2, -0.15) is 0 Å². The third-order valence-corrected chi connectivity index (χ3v) is 5.75. The average molecular weight is 460 g/mol. The summed E-state index contributed by atoms with van der Waals surface area (Å²) in [5.74, 6) is -0.100. The zero-order chi connectivity index (χ0) is 24.1. The highest BCUT2D eigenvalue weighted by Gasteiger charge is 2.26. The predicted molar refractivity (Wildman–Crippen MR) is 128 cm³/mol. The van der Waals surface area contributed by atoms with E-state index in [9.17, 15) is 19.7 Å². The fourth-order valence-corrected chi connectivity index (χ4v) is 3.77. The Kier molecular flexibility index (Phi) is 6.67. The average Bonchev–Trinajstić information content (AvgIpc) is 2.88. The molecule has 1 aliphatic rings. The first kappa shape index (κ1) is 22.7. The van der Waals surface area contributed by atoms with Crippen molar-refractivity contribution in [3.63, 3.8) is 0 Å². The van der Waals surface area contributed by atoms with Crippen molar-refractivity contribution in [2.45, 2.75) is 0 Å². The van der Waals surface area contributed by atoms with Crippen LogP contribution in [0, 0.1) is 10.1 Å². The summed E-state index contributed by atoms with van der Waals surface area (Å²) in [5.41, 5.74) is 2.49. The lowest BCUT2D eigenvalue weighted by molar-refractivity contribution is -0.383. The van der Waals surface area contributed by atoms with Crippen LogP contribution in [0.15, 0.2) is 73.1 Å². The molecule has 2 heterocycles. The van der Waals surface area contributed by atoms with Crippen LogP contribution in [0.25, 0.3) is 0 Å². The summed E-state index contributed by atoms with van der Waals surface area (Å²) in [5, 5.41) is 13.8. The molecule has 0 atom stereocenters. The molecular weight excluding hydrogens is 436 g/mol. The van der Waals surface area contributed by atoms with Crippen LogP contribution in [0.4, 0.5) is 27.5 Å². The first-order chi connectivity index (χ1) is 16.4. The lowest BCUT2D eigenvalue weighted by Gasteiger charge is -2.34. The molecule has 0 spiro atoms. The van der Waals surface area contributed by atoms with Crippen molar-refractivity contribution in [3.8, 4) is 0 Å². The largest absolute Gasteiger partial charge is 0.345 e. The van der Waals surface area contributed by atoms with Gasteiger partial charge in [0.25, 0.3) is 11.6 Å². The van der Waals surface area contributed by atoms with Gasteiger partial charge in [-0.05, 0) is 42.5 Å². The normalized spacial score (nSPS) is 13.3. The number of nitrogens with one attached hydrogen (secondary N) is 1. The Morgan fingerprint density at radius 1 is 0.912 bits per heavy atom. The van der Waals surface area contributed by atoms with Crippen LogP contribution in [0.3, 0.4) is 0 Å². The number of carbonyl (C=O) groups excluding carboxylic acids is 2. The van der Waals surface area contributed by atoms with E-state index < -0.39 is 11.0 Å². The van der Waals surface area contributed by atoms with E-state index in [1.54, 1.807) is 46.5 Å². The van der Waals surface area contributed by atoms with Crippen LogP contribution in [0.1, 0.15) is 10.4 Å². The molecule has 10 heteroatoms. The van der Waals surface area contributed by atoms with Gasteiger partial charge in [-0.25, -0.2) is 4.79 Å². The number of hydrogen-bond acceptors (Lipinski definition) is 6. The summed E-state index contributed by atoms with van der Waals surface area (Å²) in [7, 11) is 1.94. The smallest absolute Gasteiger partial charge is 0.322 e. The molecule has 1 fully saturated rings. The maximum Gasteiger partial charge on any atom is 0.322 e. The maximum atomic E-state index is 12.9. The van der Waals surface area contributed by atoms with Crippen molar-refractivity contribution in [3.05, 3.63) is 88.7 Å². The molecule has 34 heavy (non-hydrogen) atoms. The highest BCUT2D eigenvalue weighted by molar-refractivity contribution is 5.95. The number of nitro benzene ring substituents is 1. The number of para-hydroxylation sites is 2. The minimum atomic E-state index is -0.535. The summed E-state index contributed by atoms with van der Waals surface area (Å²) >= 11 is 0. The van der Waals surface area contributed by atoms with E-state index in [4.69, 9.17) is 0 Å². The minimum absolute atomic E-state index is 0.100. The zero-order valence-corrected chi connectivity index (χ0v) is 18.6. The molecule has 2 aromatic carbocycles. The number of hydrogen-bond donors (Lipinski definition) is 1. The Hall–Kier alpha value is -4.47. The summed E-state index contributed by atoms with van der Waals surface area (Å²) in [6.45, 7) is 1.42. The summed E-state index contributed by atoms with van der Waals surface area (Å²) in [4.78, 5) is 45.4. The van der Waals surface area contributed by atoms with E-state index in [1.165, 1.54) is 12.1 Å². The predicted octanol–water partition coefficient (Wildman–Crippen LogP) is 3.75. The first-order valence-corrected chi connectivity index (χ1v) is 10.8. The van der Waals surface area contributed by atoms with Gasteiger partial charge in [0.2, 0.25) is 0 Å².